The van der Waals surface area contributed by atoms with Crippen LogP contribution in [0, 0.1) is 0 Å². The number of aromatic nitrogens is 3. The number of hydrogen-bond acceptors (Lipinski definition) is 4. The normalized spacial score (nSPS) is 13.2. The van der Waals surface area contributed by atoms with E-state index in [9.17, 15) is 0 Å². The first-order valence-corrected chi connectivity index (χ1v) is 9.97. The van der Waals surface area contributed by atoms with E-state index >= 15 is 0 Å². The van der Waals surface area contributed by atoms with Gasteiger partial charge in [0.05, 0.1) is 16.7 Å². The number of rotatable bonds is 6. The maximum atomic E-state index is 6.07. The maximum absolute atomic E-state index is 6.07. The Hall–Kier alpha value is -2.86. The van der Waals surface area contributed by atoms with Gasteiger partial charge in [-0.25, -0.2) is 9.50 Å². The Bertz CT molecular complexity index is 1060. The molecule has 4 rings (SSSR count). The van der Waals surface area contributed by atoms with E-state index in [1.165, 1.54) is 0 Å². The van der Waals surface area contributed by atoms with Crippen molar-refractivity contribution in [2.75, 3.05) is 5.32 Å². The zero-order valence-electron chi connectivity index (χ0n) is 15.7. The van der Waals surface area contributed by atoms with Crippen LogP contribution in [0.3, 0.4) is 0 Å². The van der Waals surface area contributed by atoms with E-state index in [-0.39, 0.29) is 12.1 Å². The number of ether oxygens (including phenoxy) is 1. The molecule has 4 aromatic rings. The highest BCUT2D eigenvalue weighted by molar-refractivity contribution is 9.10. The monoisotopic (exact) mass is 436 g/mol. The number of anilines is 1. The van der Waals surface area contributed by atoms with E-state index in [2.05, 4.69) is 69.4 Å². The lowest BCUT2D eigenvalue weighted by Gasteiger charge is -2.18. The molecule has 0 saturated heterocycles. The molecule has 0 aliphatic rings. The highest BCUT2D eigenvalue weighted by Crippen LogP contribution is 2.28. The number of benzene rings is 2. The van der Waals surface area contributed by atoms with Gasteiger partial charge in [0.1, 0.15) is 17.4 Å². The molecule has 2 unspecified atom stereocenters. The van der Waals surface area contributed by atoms with Gasteiger partial charge in [0.15, 0.2) is 5.82 Å². The molecular weight excluding hydrogens is 416 g/mol. The second-order valence-electron chi connectivity index (χ2n) is 6.67. The lowest BCUT2D eigenvalue weighted by molar-refractivity contribution is 0.227. The van der Waals surface area contributed by atoms with Crippen LogP contribution < -0.4 is 10.1 Å². The van der Waals surface area contributed by atoms with Gasteiger partial charge < -0.3 is 10.1 Å². The van der Waals surface area contributed by atoms with Crippen LogP contribution in [0.4, 0.5) is 5.82 Å². The average Bonchev–Trinajstić information content (AvgIpc) is 3.11. The molecule has 0 bridgehead atoms. The lowest BCUT2D eigenvalue weighted by atomic mass is 10.1. The number of halogens is 1. The Morgan fingerprint density at radius 2 is 1.75 bits per heavy atom. The quantitative estimate of drug-likeness (QED) is 0.414. The summed E-state index contributed by atoms with van der Waals surface area (Å²) in [6, 6.07) is 18.5. The molecule has 0 amide bonds. The predicted octanol–water partition coefficient (Wildman–Crippen LogP) is 5.80. The number of hydrogen-bond donors (Lipinski definition) is 1. The first kappa shape index (κ1) is 18.5. The minimum absolute atomic E-state index is 0.00335. The summed E-state index contributed by atoms with van der Waals surface area (Å²) < 4.78 is 8.78. The largest absolute Gasteiger partial charge is 0.486 e. The summed E-state index contributed by atoms with van der Waals surface area (Å²) >= 11 is 3.54. The van der Waals surface area contributed by atoms with Crippen LogP contribution in [-0.2, 0) is 0 Å². The predicted molar refractivity (Wildman–Crippen MR) is 115 cm³/mol. The molecule has 1 N–H and O–H groups in total. The van der Waals surface area contributed by atoms with Crippen LogP contribution in [0.2, 0.25) is 0 Å². The fraction of sp³-hybridized carbons (Fsp3) is 0.182. The standard InChI is InChI=1S/C22H21BrN4O/c1-15(26-22-21-20(23)14-25-27(21)13-12-24-22)17-8-10-19(11-9-17)28-16(2)18-6-4-3-5-7-18/h3-16H,1-2H3,(H,24,26). The van der Waals surface area contributed by atoms with Crippen molar-refractivity contribution in [3.63, 3.8) is 0 Å². The van der Waals surface area contributed by atoms with Crippen molar-refractivity contribution in [2.24, 2.45) is 0 Å². The molecule has 2 heterocycles. The number of fused-ring (bicyclic) bond motifs is 1. The van der Waals surface area contributed by atoms with Crippen molar-refractivity contribution in [1.82, 2.24) is 14.6 Å². The molecule has 0 saturated carbocycles. The van der Waals surface area contributed by atoms with E-state index in [1.54, 1.807) is 16.9 Å². The van der Waals surface area contributed by atoms with Gasteiger partial charge in [-0.15, -0.1) is 0 Å². The molecule has 2 atom stereocenters. The van der Waals surface area contributed by atoms with Crippen molar-refractivity contribution in [1.29, 1.82) is 0 Å². The fourth-order valence-corrected chi connectivity index (χ4v) is 3.59. The summed E-state index contributed by atoms with van der Waals surface area (Å²) in [5.41, 5.74) is 3.23. The van der Waals surface area contributed by atoms with E-state index in [0.29, 0.717) is 0 Å². The van der Waals surface area contributed by atoms with E-state index in [4.69, 9.17) is 4.74 Å². The van der Waals surface area contributed by atoms with Gasteiger partial charge in [0, 0.05) is 12.4 Å². The Labute approximate surface area is 172 Å². The highest BCUT2D eigenvalue weighted by Gasteiger charge is 2.13. The molecule has 0 aliphatic carbocycles. The average molecular weight is 437 g/mol. The van der Waals surface area contributed by atoms with E-state index in [0.717, 1.165) is 32.7 Å². The van der Waals surface area contributed by atoms with Gasteiger partial charge in [-0.2, -0.15) is 5.10 Å². The van der Waals surface area contributed by atoms with Crippen molar-refractivity contribution >= 4 is 27.3 Å². The molecule has 6 heteroatoms. The molecule has 0 aliphatic heterocycles. The molecular formula is C22H21BrN4O. The van der Waals surface area contributed by atoms with Crippen LogP contribution >= 0.6 is 15.9 Å². The minimum Gasteiger partial charge on any atom is -0.486 e. The summed E-state index contributed by atoms with van der Waals surface area (Å²) in [5.74, 6) is 1.64. The summed E-state index contributed by atoms with van der Waals surface area (Å²) in [6.07, 6.45) is 5.34. The molecule has 0 fully saturated rings. The number of nitrogens with zero attached hydrogens (tertiary/aromatic N) is 3. The summed E-state index contributed by atoms with van der Waals surface area (Å²) in [6.45, 7) is 4.17. The smallest absolute Gasteiger partial charge is 0.153 e. The molecule has 2 aromatic heterocycles. The van der Waals surface area contributed by atoms with Gasteiger partial charge in [0.25, 0.3) is 0 Å². The summed E-state index contributed by atoms with van der Waals surface area (Å²) in [5, 5.41) is 7.77. The second-order valence-corrected chi connectivity index (χ2v) is 7.52. The molecule has 28 heavy (non-hydrogen) atoms. The van der Waals surface area contributed by atoms with Crippen LogP contribution in [-0.4, -0.2) is 14.6 Å². The minimum atomic E-state index is 0.00335. The van der Waals surface area contributed by atoms with Crippen LogP contribution in [0.15, 0.2) is 77.7 Å². The molecule has 0 spiro atoms. The Kier molecular flexibility index (Phi) is 5.30. The van der Waals surface area contributed by atoms with Crippen LogP contribution in [0.5, 0.6) is 5.75 Å². The highest BCUT2D eigenvalue weighted by atomic mass is 79.9. The van der Waals surface area contributed by atoms with Gasteiger partial charge >= 0.3 is 0 Å². The molecule has 5 nitrogen and oxygen atoms in total. The van der Waals surface area contributed by atoms with Crippen molar-refractivity contribution in [2.45, 2.75) is 26.0 Å². The molecule has 2 aromatic carbocycles. The first-order valence-electron chi connectivity index (χ1n) is 9.18. The molecule has 142 valence electrons. The maximum Gasteiger partial charge on any atom is 0.153 e. The van der Waals surface area contributed by atoms with Crippen LogP contribution in [0.1, 0.15) is 37.1 Å². The van der Waals surface area contributed by atoms with Crippen molar-refractivity contribution in [3.05, 3.63) is 88.8 Å². The van der Waals surface area contributed by atoms with Gasteiger partial charge in [-0.05, 0) is 53.0 Å². The lowest BCUT2D eigenvalue weighted by Crippen LogP contribution is -2.09. The summed E-state index contributed by atoms with van der Waals surface area (Å²) in [4.78, 5) is 4.47. The second kappa shape index (κ2) is 8.02. The SMILES string of the molecule is CC(Nc1nccn2ncc(Br)c12)c1ccc(OC(C)c2ccccc2)cc1. The van der Waals surface area contributed by atoms with Gasteiger partial charge in [-0.1, -0.05) is 42.5 Å². The fourth-order valence-electron chi connectivity index (χ4n) is 3.13. The van der Waals surface area contributed by atoms with Gasteiger partial charge in [0.2, 0.25) is 0 Å². The Balaban J connectivity index is 1.47. The molecule has 0 radical (unpaired) electrons. The zero-order valence-corrected chi connectivity index (χ0v) is 17.3. The Morgan fingerprint density at radius 1 is 1.00 bits per heavy atom. The van der Waals surface area contributed by atoms with E-state index in [1.807, 2.05) is 36.5 Å². The van der Waals surface area contributed by atoms with E-state index < -0.39 is 0 Å². The third-order valence-electron chi connectivity index (χ3n) is 4.70. The van der Waals surface area contributed by atoms with Crippen molar-refractivity contribution < 1.29 is 4.74 Å². The number of nitrogens with one attached hydrogen (secondary N) is 1. The Morgan fingerprint density at radius 3 is 2.50 bits per heavy atom. The first-order chi connectivity index (χ1) is 13.6. The summed E-state index contributed by atoms with van der Waals surface area (Å²) in [7, 11) is 0. The van der Waals surface area contributed by atoms with Crippen LogP contribution in [0.25, 0.3) is 5.52 Å². The van der Waals surface area contributed by atoms with Crippen molar-refractivity contribution in [3.8, 4) is 5.75 Å². The third-order valence-corrected chi connectivity index (χ3v) is 5.28. The zero-order chi connectivity index (χ0) is 19.5. The van der Waals surface area contributed by atoms with Gasteiger partial charge in [-0.3, -0.25) is 0 Å². The topological polar surface area (TPSA) is 51.5 Å². The third kappa shape index (κ3) is 3.87.